The van der Waals surface area contributed by atoms with E-state index in [1.165, 1.54) is 180 Å². The molecule has 0 unspecified atom stereocenters. The van der Waals surface area contributed by atoms with Gasteiger partial charge in [0, 0.05) is 19.3 Å². The minimum absolute atomic E-state index is 0.0637. The molecule has 6 heteroatoms. The summed E-state index contributed by atoms with van der Waals surface area (Å²) in [6.45, 7) is 11.4. The van der Waals surface area contributed by atoms with E-state index in [-0.39, 0.29) is 31.1 Å². The number of esters is 3. The molecule has 0 aliphatic rings. The molecule has 0 aromatic carbocycles. The summed E-state index contributed by atoms with van der Waals surface area (Å²) in [4.78, 5) is 37.9. The van der Waals surface area contributed by atoms with Crippen molar-refractivity contribution < 1.29 is 28.6 Å². The third kappa shape index (κ3) is 47.3. The summed E-state index contributed by atoms with van der Waals surface area (Å²) in [6, 6.07) is 0. The smallest absolute Gasteiger partial charge is 0.306 e. The van der Waals surface area contributed by atoms with Crippen LogP contribution in [0.5, 0.6) is 0 Å². The number of carbonyl (C=O) groups excluding carboxylic acids is 3. The molecule has 1 atom stereocenters. The van der Waals surface area contributed by atoms with Crippen LogP contribution in [0.25, 0.3) is 0 Å². The van der Waals surface area contributed by atoms with Gasteiger partial charge in [0.05, 0.1) is 0 Å². The SMILES string of the molecule is CCCCCCCCCCCCCC(=O)OC[C@@H](COC(=O)CCCCCCCCCCCCCCCCCC(C)C)OC(=O)CCCCCCCCCCCC(C)C. The molecule has 350 valence electrons. The van der Waals surface area contributed by atoms with Crippen LogP contribution in [0.15, 0.2) is 0 Å². The second-order valence-electron chi connectivity index (χ2n) is 19.1. The predicted molar refractivity (Wildman–Crippen MR) is 252 cm³/mol. The number of hydrogen-bond donors (Lipinski definition) is 0. The summed E-state index contributed by atoms with van der Waals surface area (Å²) in [6.07, 6.45) is 46.6. The van der Waals surface area contributed by atoms with E-state index in [1.54, 1.807) is 0 Å². The van der Waals surface area contributed by atoms with Crippen LogP contribution in [0, 0.1) is 11.8 Å². The molecule has 0 heterocycles. The summed E-state index contributed by atoms with van der Waals surface area (Å²) >= 11 is 0. The van der Waals surface area contributed by atoms with E-state index in [9.17, 15) is 14.4 Å². The lowest BCUT2D eigenvalue weighted by Crippen LogP contribution is -2.30. The van der Waals surface area contributed by atoms with Crippen molar-refractivity contribution >= 4 is 17.9 Å². The third-order valence-corrected chi connectivity index (χ3v) is 12.0. The van der Waals surface area contributed by atoms with Gasteiger partial charge in [-0.15, -0.1) is 0 Å². The highest BCUT2D eigenvalue weighted by molar-refractivity contribution is 5.71. The van der Waals surface area contributed by atoms with Crippen molar-refractivity contribution in [2.75, 3.05) is 13.2 Å². The summed E-state index contributed by atoms with van der Waals surface area (Å²) in [5, 5.41) is 0. The maximum Gasteiger partial charge on any atom is 0.306 e. The Hall–Kier alpha value is -1.59. The molecular weight excluding hydrogens is 733 g/mol. The van der Waals surface area contributed by atoms with Crippen molar-refractivity contribution in [2.24, 2.45) is 11.8 Å². The van der Waals surface area contributed by atoms with Gasteiger partial charge >= 0.3 is 17.9 Å². The summed E-state index contributed by atoms with van der Waals surface area (Å²) in [5.74, 6) is 0.806. The third-order valence-electron chi connectivity index (χ3n) is 12.0. The maximum atomic E-state index is 12.8. The first-order chi connectivity index (χ1) is 28.7. The van der Waals surface area contributed by atoms with Gasteiger partial charge in [-0.3, -0.25) is 14.4 Å². The molecular formula is C53H102O6. The Morgan fingerprint density at radius 1 is 0.322 bits per heavy atom. The van der Waals surface area contributed by atoms with E-state index in [2.05, 4.69) is 34.6 Å². The number of hydrogen-bond acceptors (Lipinski definition) is 6. The van der Waals surface area contributed by atoms with Gasteiger partial charge in [-0.1, -0.05) is 253 Å². The lowest BCUT2D eigenvalue weighted by molar-refractivity contribution is -0.167. The lowest BCUT2D eigenvalue weighted by Gasteiger charge is -2.18. The van der Waals surface area contributed by atoms with Gasteiger partial charge in [-0.05, 0) is 31.1 Å². The van der Waals surface area contributed by atoms with Crippen molar-refractivity contribution in [2.45, 2.75) is 298 Å². The number of rotatable bonds is 47. The first kappa shape index (κ1) is 57.4. The van der Waals surface area contributed by atoms with Crippen LogP contribution in [0.3, 0.4) is 0 Å². The zero-order valence-corrected chi connectivity index (χ0v) is 40.4. The molecule has 0 radical (unpaired) electrons. The Morgan fingerprint density at radius 2 is 0.559 bits per heavy atom. The number of carbonyl (C=O) groups is 3. The zero-order valence-electron chi connectivity index (χ0n) is 40.4. The van der Waals surface area contributed by atoms with Crippen LogP contribution in [0.1, 0.15) is 291 Å². The van der Waals surface area contributed by atoms with Gasteiger partial charge in [0.2, 0.25) is 0 Å². The van der Waals surface area contributed by atoms with Gasteiger partial charge in [0.15, 0.2) is 6.10 Å². The molecule has 0 saturated carbocycles. The second-order valence-corrected chi connectivity index (χ2v) is 19.1. The Morgan fingerprint density at radius 3 is 0.831 bits per heavy atom. The molecule has 0 fully saturated rings. The lowest BCUT2D eigenvalue weighted by atomic mass is 10.0. The average molecular weight is 835 g/mol. The minimum Gasteiger partial charge on any atom is -0.462 e. The zero-order chi connectivity index (χ0) is 43.3. The molecule has 0 aliphatic heterocycles. The van der Waals surface area contributed by atoms with Gasteiger partial charge in [-0.25, -0.2) is 0 Å². The number of ether oxygens (including phenoxy) is 3. The fraction of sp³-hybridized carbons (Fsp3) is 0.943. The van der Waals surface area contributed by atoms with E-state index >= 15 is 0 Å². The highest BCUT2D eigenvalue weighted by Gasteiger charge is 2.19. The Kier molecular flexibility index (Phi) is 44.7. The summed E-state index contributed by atoms with van der Waals surface area (Å²) < 4.78 is 16.8. The first-order valence-corrected chi connectivity index (χ1v) is 26.2. The van der Waals surface area contributed by atoms with Crippen molar-refractivity contribution in [1.82, 2.24) is 0 Å². The predicted octanol–water partition coefficient (Wildman–Crippen LogP) is 16.9. The molecule has 0 aromatic rings. The highest BCUT2D eigenvalue weighted by Crippen LogP contribution is 2.17. The van der Waals surface area contributed by atoms with Crippen molar-refractivity contribution in [3.63, 3.8) is 0 Å². The average Bonchev–Trinajstić information content (AvgIpc) is 3.20. The van der Waals surface area contributed by atoms with Crippen LogP contribution in [-0.2, 0) is 28.6 Å². The van der Waals surface area contributed by atoms with E-state index in [0.717, 1.165) is 69.6 Å². The van der Waals surface area contributed by atoms with Crippen LogP contribution >= 0.6 is 0 Å². The summed E-state index contributed by atoms with van der Waals surface area (Å²) in [7, 11) is 0. The van der Waals surface area contributed by atoms with E-state index in [0.29, 0.717) is 19.3 Å². The van der Waals surface area contributed by atoms with Crippen molar-refractivity contribution in [3.8, 4) is 0 Å². The molecule has 0 aromatic heterocycles. The van der Waals surface area contributed by atoms with Crippen LogP contribution in [0.4, 0.5) is 0 Å². The topological polar surface area (TPSA) is 78.9 Å². The molecule has 59 heavy (non-hydrogen) atoms. The molecule has 6 nitrogen and oxygen atoms in total. The fourth-order valence-corrected chi connectivity index (χ4v) is 7.99. The molecule has 0 spiro atoms. The van der Waals surface area contributed by atoms with E-state index in [1.807, 2.05) is 0 Å². The first-order valence-electron chi connectivity index (χ1n) is 26.2. The normalized spacial score (nSPS) is 12.1. The Bertz CT molecular complexity index is 900. The van der Waals surface area contributed by atoms with Crippen LogP contribution in [-0.4, -0.2) is 37.2 Å². The molecule has 0 amide bonds. The number of unbranched alkanes of at least 4 members (excludes halogenated alkanes) is 32. The largest absolute Gasteiger partial charge is 0.462 e. The Labute approximate surface area is 368 Å². The monoisotopic (exact) mass is 835 g/mol. The van der Waals surface area contributed by atoms with Crippen molar-refractivity contribution in [1.29, 1.82) is 0 Å². The quantitative estimate of drug-likeness (QED) is 0.0345. The minimum atomic E-state index is -0.761. The van der Waals surface area contributed by atoms with Gasteiger partial charge in [0.25, 0.3) is 0 Å². The highest BCUT2D eigenvalue weighted by atomic mass is 16.6. The molecule has 0 saturated heterocycles. The molecule has 0 aliphatic carbocycles. The Balaban J connectivity index is 4.26. The van der Waals surface area contributed by atoms with Gasteiger partial charge < -0.3 is 14.2 Å². The van der Waals surface area contributed by atoms with Crippen LogP contribution in [0.2, 0.25) is 0 Å². The molecule has 0 N–H and O–H groups in total. The molecule has 0 rings (SSSR count). The van der Waals surface area contributed by atoms with Gasteiger partial charge in [0.1, 0.15) is 13.2 Å². The standard InChI is InChI=1S/C53H102O6/c1-6-7-8-9-10-11-17-23-28-33-38-43-51(54)57-46-50(59-53(56)45-40-35-30-25-20-22-27-32-37-42-49(4)5)47-58-52(55)44-39-34-29-24-19-16-14-12-13-15-18-21-26-31-36-41-48(2)3/h48-50H,6-47H2,1-5H3/t50-/m0/s1. The van der Waals surface area contributed by atoms with E-state index < -0.39 is 6.10 Å². The molecule has 0 bridgehead atoms. The maximum absolute atomic E-state index is 12.8. The van der Waals surface area contributed by atoms with E-state index in [4.69, 9.17) is 14.2 Å². The van der Waals surface area contributed by atoms with Crippen LogP contribution < -0.4 is 0 Å². The second kappa shape index (κ2) is 45.9. The summed E-state index contributed by atoms with van der Waals surface area (Å²) in [5.41, 5.74) is 0. The fourth-order valence-electron chi connectivity index (χ4n) is 7.99. The van der Waals surface area contributed by atoms with Gasteiger partial charge in [-0.2, -0.15) is 0 Å². The van der Waals surface area contributed by atoms with Crippen molar-refractivity contribution in [3.05, 3.63) is 0 Å².